The number of halogens is 1. The molecule has 5 aromatic rings. The Balaban J connectivity index is 1.92. The zero-order valence-electron chi connectivity index (χ0n) is 23.3. The van der Waals surface area contributed by atoms with Crippen LogP contribution in [-0.2, 0) is 14.1 Å². The lowest BCUT2D eigenvalue weighted by Crippen LogP contribution is -2.26. The summed E-state index contributed by atoms with van der Waals surface area (Å²) in [4.78, 5) is 28.7. The van der Waals surface area contributed by atoms with E-state index in [1.165, 1.54) is 0 Å². The first-order valence-electron chi connectivity index (χ1n) is 12.8. The van der Waals surface area contributed by atoms with E-state index in [-0.39, 0.29) is 11.1 Å². The van der Waals surface area contributed by atoms with Crippen molar-refractivity contribution >= 4 is 15.9 Å². The highest BCUT2D eigenvalue weighted by Gasteiger charge is 2.35. The lowest BCUT2D eigenvalue weighted by atomic mass is 9.84. The van der Waals surface area contributed by atoms with E-state index < -0.39 is 5.92 Å². The van der Waals surface area contributed by atoms with Gasteiger partial charge in [0.15, 0.2) is 11.5 Å². The molecule has 0 fully saturated rings. The number of ether oxygens (including phenoxy) is 2. The molecule has 2 heterocycles. The highest BCUT2D eigenvalue weighted by Crippen LogP contribution is 2.44. The van der Waals surface area contributed by atoms with Crippen molar-refractivity contribution in [2.24, 2.45) is 14.1 Å². The summed E-state index contributed by atoms with van der Waals surface area (Å²) in [5.41, 5.74) is 4.10. The van der Waals surface area contributed by atoms with E-state index in [1.54, 1.807) is 29.6 Å². The number of para-hydroxylation sites is 2. The topological polar surface area (TPSA) is 72.3 Å². The molecule has 0 aliphatic heterocycles. The quantitative estimate of drug-likeness (QED) is 0.255. The molecule has 9 heteroatoms. The van der Waals surface area contributed by atoms with Crippen LogP contribution in [0.5, 0.6) is 11.5 Å². The van der Waals surface area contributed by atoms with E-state index >= 15 is 0 Å². The Hall–Kier alpha value is -4.24. The van der Waals surface area contributed by atoms with E-state index in [2.05, 4.69) is 15.9 Å². The molecule has 0 aliphatic rings. The predicted molar refractivity (Wildman–Crippen MR) is 160 cm³/mol. The first-order chi connectivity index (χ1) is 19.2. The van der Waals surface area contributed by atoms with Crippen LogP contribution in [0.1, 0.15) is 34.0 Å². The van der Waals surface area contributed by atoms with E-state index in [4.69, 9.17) is 9.47 Å². The smallest absolute Gasteiger partial charge is 0.275 e. The fraction of sp³-hybridized carbons (Fsp3) is 0.226. The molecule has 0 amide bonds. The molecule has 0 atom stereocenters. The van der Waals surface area contributed by atoms with Crippen LogP contribution in [0.2, 0.25) is 0 Å². The Morgan fingerprint density at radius 3 is 1.55 bits per heavy atom. The van der Waals surface area contributed by atoms with Crippen LogP contribution in [-0.4, -0.2) is 32.9 Å². The van der Waals surface area contributed by atoms with Crippen molar-refractivity contribution < 1.29 is 9.47 Å². The fourth-order valence-electron chi connectivity index (χ4n) is 5.47. The molecule has 0 aliphatic carbocycles. The second-order valence-electron chi connectivity index (χ2n) is 9.61. The van der Waals surface area contributed by atoms with Gasteiger partial charge < -0.3 is 9.47 Å². The number of methoxy groups -OCH3 is 2. The molecule has 0 saturated heterocycles. The first-order valence-corrected chi connectivity index (χ1v) is 13.6. The van der Waals surface area contributed by atoms with Gasteiger partial charge in [-0.1, -0.05) is 52.3 Å². The van der Waals surface area contributed by atoms with Crippen LogP contribution in [0, 0.1) is 13.8 Å². The molecule has 0 radical (unpaired) electrons. The van der Waals surface area contributed by atoms with Crippen molar-refractivity contribution in [1.29, 1.82) is 0 Å². The second kappa shape index (κ2) is 10.7. The summed E-state index contributed by atoms with van der Waals surface area (Å²) in [7, 11) is 6.83. The molecule has 0 N–H and O–H groups in total. The molecular formula is C31H31BrN4O4. The minimum atomic E-state index is -0.756. The second-order valence-corrected chi connectivity index (χ2v) is 10.5. The van der Waals surface area contributed by atoms with Gasteiger partial charge in [0.2, 0.25) is 0 Å². The number of benzene rings is 3. The highest BCUT2D eigenvalue weighted by molar-refractivity contribution is 9.10. The minimum Gasteiger partial charge on any atom is -0.493 e. The molecule has 2 aromatic heterocycles. The van der Waals surface area contributed by atoms with E-state index in [0.717, 1.165) is 27.2 Å². The molecule has 206 valence electrons. The summed E-state index contributed by atoms with van der Waals surface area (Å²) in [5.74, 6) is 0.193. The first kappa shape index (κ1) is 27.3. The van der Waals surface area contributed by atoms with Gasteiger partial charge in [0, 0.05) is 35.5 Å². The number of aromatic nitrogens is 4. The number of rotatable bonds is 7. The van der Waals surface area contributed by atoms with Crippen molar-refractivity contribution in [3.8, 4) is 22.9 Å². The van der Waals surface area contributed by atoms with E-state index in [9.17, 15) is 9.59 Å². The molecule has 0 bridgehead atoms. The zero-order chi connectivity index (χ0) is 28.7. The normalized spacial score (nSPS) is 11.3. The lowest BCUT2D eigenvalue weighted by Gasteiger charge is -2.21. The van der Waals surface area contributed by atoms with Crippen molar-refractivity contribution in [1.82, 2.24) is 18.7 Å². The van der Waals surface area contributed by atoms with Gasteiger partial charge in [-0.15, -0.1) is 0 Å². The predicted octanol–water partition coefficient (Wildman–Crippen LogP) is 5.24. The van der Waals surface area contributed by atoms with Crippen LogP contribution in [0.3, 0.4) is 0 Å². The van der Waals surface area contributed by atoms with Gasteiger partial charge in [-0.25, -0.2) is 9.36 Å². The Morgan fingerprint density at radius 1 is 0.700 bits per heavy atom. The van der Waals surface area contributed by atoms with Crippen LogP contribution in [0.4, 0.5) is 0 Å². The van der Waals surface area contributed by atoms with E-state index in [1.807, 2.05) is 104 Å². The summed E-state index contributed by atoms with van der Waals surface area (Å²) in [6.07, 6.45) is 0. The Kier molecular flexibility index (Phi) is 7.33. The van der Waals surface area contributed by atoms with Crippen molar-refractivity contribution in [3.05, 3.63) is 126 Å². The van der Waals surface area contributed by atoms with Gasteiger partial charge in [0.05, 0.1) is 42.6 Å². The Morgan fingerprint density at radius 2 is 1.15 bits per heavy atom. The monoisotopic (exact) mass is 602 g/mol. The maximum absolute atomic E-state index is 14.4. The summed E-state index contributed by atoms with van der Waals surface area (Å²) < 4.78 is 19.2. The molecular weight excluding hydrogens is 572 g/mol. The molecule has 0 unspecified atom stereocenters. The SMILES string of the molecule is COc1cc(Br)cc(C(c2c(C)n(C)n(-c3ccccc3)c2=O)c2c(C)n(C)n(-c3ccccc3)c2=O)c1OC. The maximum Gasteiger partial charge on any atom is 0.275 e. The molecule has 5 rings (SSSR count). The molecule has 8 nitrogen and oxygen atoms in total. The molecule has 40 heavy (non-hydrogen) atoms. The van der Waals surface area contributed by atoms with Crippen molar-refractivity contribution in [3.63, 3.8) is 0 Å². The minimum absolute atomic E-state index is 0.217. The van der Waals surface area contributed by atoms with Crippen LogP contribution >= 0.6 is 15.9 Å². The largest absolute Gasteiger partial charge is 0.493 e. The third-order valence-corrected chi connectivity index (χ3v) is 8.02. The fourth-order valence-corrected chi connectivity index (χ4v) is 5.93. The molecule has 0 spiro atoms. The molecule has 0 saturated carbocycles. The lowest BCUT2D eigenvalue weighted by molar-refractivity contribution is 0.351. The van der Waals surface area contributed by atoms with Crippen molar-refractivity contribution in [2.45, 2.75) is 19.8 Å². The Labute approximate surface area is 240 Å². The number of nitrogens with zero attached hydrogens (tertiary/aromatic N) is 4. The van der Waals surface area contributed by atoms with Gasteiger partial charge in [-0.2, -0.15) is 0 Å². The maximum atomic E-state index is 14.4. The average Bonchev–Trinajstić information content (AvgIpc) is 3.32. The summed E-state index contributed by atoms with van der Waals surface area (Å²) in [6, 6.07) is 22.6. The van der Waals surface area contributed by atoms with Gasteiger partial charge in [0.25, 0.3) is 11.1 Å². The van der Waals surface area contributed by atoms with Gasteiger partial charge in [0.1, 0.15) is 0 Å². The van der Waals surface area contributed by atoms with Gasteiger partial charge in [-0.3, -0.25) is 19.0 Å². The van der Waals surface area contributed by atoms with Crippen LogP contribution in [0.15, 0.2) is 86.9 Å². The average molecular weight is 604 g/mol. The Bertz CT molecular complexity index is 1710. The third kappa shape index (κ3) is 4.30. The standard InChI is InChI=1S/C31H31BrN4O4/c1-19-26(30(37)35(33(19)3)22-13-9-7-10-14-22)28(24-17-21(32)18-25(39-5)29(24)40-6)27-20(2)34(4)36(31(27)38)23-15-11-8-12-16-23/h7-18,28H,1-6H3. The zero-order valence-corrected chi connectivity index (χ0v) is 24.9. The van der Waals surface area contributed by atoms with Gasteiger partial charge >= 0.3 is 0 Å². The van der Waals surface area contributed by atoms with Gasteiger partial charge in [-0.05, 0) is 50.2 Å². The molecule has 3 aromatic carbocycles. The number of hydrogen-bond acceptors (Lipinski definition) is 4. The number of hydrogen-bond donors (Lipinski definition) is 0. The third-order valence-electron chi connectivity index (χ3n) is 7.56. The van der Waals surface area contributed by atoms with E-state index in [0.29, 0.717) is 28.2 Å². The highest BCUT2D eigenvalue weighted by atomic mass is 79.9. The van der Waals surface area contributed by atoms with Crippen molar-refractivity contribution in [2.75, 3.05) is 14.2 Å². The summed E-state index contributed by atoms with van der Waals surface area (Å²) in [5, 5.41) is 0. The van der Waals surface area contributed by atoms with Crippen LogP contribution in [0.25, 0.3) is 11.4 Å². The summed E-state index contributed by atoms with van der Waals surface area (Å²) >= 11 is 3.60. The van der Waals surface area contributed by atoms with Crippen LogP contribution < -0.4 is 20.6 Å². The summed E-state index contributed by atoms with van der Waals surface area (Å²) in [6.45, 7) is 3.80.